The van der Waals surface area contributed by atoms with Gasteiger partial charge in [-0.15, -0.1) is 23.1 Å². The molecule has 0 spiro atoms. The van der Waals surface area contributed by atoms with E-state index in [2.05, 4.69) is 23.5 Å². The summed E-state index contributed by atoms with van der Waals surface area (Å²) in [5, 5.41) is 5.16. The number of rotatable bonds is 3. The highest BCUT2D eigenvalue weighted by Crippen LogP contribution is 2.37. The van der Waals surface area contributed by atoms with Crippen molar-refractivity contribution in [2.75, 3.05) is 0 Å². The average Bonchev–Trinajstić information content (AvgIpc) is 3.07. The predicted molar refractivity (Wildman–Crippen MR) is 80.7 cm³/mol. The Morgan fingerprint density at radius 1 is 1.32 bits per heavy atom. The van der Waals surface area contributed by atoms with Gasteiger partial charge >= 0.3 is 0 Å². The smallest absolute Gasteiger partial charge is 0.234 e. The molecule has 2 nitrogen and oxygen atoms in total. The third-order valence-corrected chi connectivity index (χ3v) is 5.64. The molecule has 0 bridgehead atoms. The number of benzene rings is 1. The second-order valence-corrected chi connectivity index (χ2v) is 6.89. The summed E-state index contributed by atoms with van der Waals surface area (Å²) in [7, 11) is 0. The first-order chi connectivity index (χ1) is 9.24. The summed E-state index contributed by atoms with van der Waals surface area (Å²) in [6.45, 7) is 2.04. The van der Waals surface area contributed by atoms with Crippen LogP contribution in [0.4, 0.5) is 0 Å². The minimum absolute atomic E-state index is 0.0137. The Balaban J connectivity index is 1.64. The van der Waals surface area contributed by atoms with Gasteiger partial charge in [0.05, 0.1) is 11.3 Å². The first-order valence-corrected chi connectivity index (χ1v) is 8.08. The Morgan fingerprint density at radius 3 is 2.89 bits per heavy atom. The number of thiophene rings is 1. The average molecular weight is 289 g/mol. The maximum atomic E-state index is 12.3. The van der Waals surface area contributed by atoms with Gasteiger partial charge in [0, 0.05) is 9.77 Å². The molecular weight excluding hydrogens is 274 g/mol. The molecule has 0 fully saturated rings. The number of nitrogens with one attached hydrogen (secondary N) is 1. The normalized spacial score (nSPS) is 18.9. The van der Waals surface area contributed by atoms with Gasteiger partial charge in [0.2, 0.25) is 5.91 Å². The summed E-state index contributed by atoms with van der Waals surface area (Å²) in [4.78, 5) is 14.7. The second-order valence-electron chi connectivity index (χ2n) is 4.66. The highest BCUT2D eigenvalue weighted by Gasteiger charge is 2.28. The van der Waals surface area contributed by atoms with Crippen LogP contribution in [-0.2, 0) is 11.2 Å². The van der Waals surface area contributed by atoms with Gasteiger partial charge < -0.3 is 5.32 Å². The molecule has 1 aliphatic heterocycles. The monoisotopic (exact) mass is 289 g/mol. The van der Waals surface area contributed by atoms with Crippen LogP contribution in [0.15, 0.2) is 46.7 Å². The molecule has 0 saturated heterocycles. The Morgan fingerprint density at radius 2 is 2.16 bits per heavy atom. The molecule has 2 aromatic rings. The van der Waals surface area contributed by atoms with E-state index in [9.17, 15) is 4.79 Å². The number of amides is 1. The Hall–Kier alpha value is -1.26. The summed E-state index contributed by atoms with van der Waals surface area (Å²) in [6.07, 6.45) is 0.837. The molecular formula is C15H15NOS2. The van der Waals surface area contributed by atoms with Crippen molar-refractivity contribution >= 4 is 29.0 Å². The van der Waals surface area contributed by atoms with E-state index in [4.69, 9.17) is 0 Å². The summed E-state index contributed by atoms with van der Waals surface area (Å²) in [5.74, 6) is 0.141. The van der Waals surface area contributed by atoms with Gasteiger partial charge in [-0.25, -0.2) is 0 Å². The fourth-order valence-corrected chi connectivity index (χ4v) is 4.18. The zero-order valence-corrected chi connectivity index (χ0v) is 12.3. The standard InChI is InChI=1S/C15H15NOS2/c1-10(12-7-4-8-18-12)16-15(17)14-9-11-5-2-3-6-13(11)19-14/h2-8,10,14H,9H2,1H3,(H,16,17)/t10-,14-/m1/s1. The maximum Gasteiger partial charge on any atom is 0.234 e. The lowest BCUT2D eigenvalue weighted by Gasteiger charge is -2.15. The van der Waals surface area contributed by atoms with Crippen LogP contribution >= 0.6 is 23.1 Å². The van der Waals surface area contributed by atoms with Gasteiger partial charge in [0.1, 0.15) is 0 Å². The van der Waals surface area contributed by atoms with Crippen LogP contribution in [0, 0.1) is 0 Å². The van der Waals surface area contributed by atoms with E-state index in [1.165, 1.54) is 15.3 Å². The third kappa shape index (κ3) is 2.69. The molecule has 3 rings (SSSR count). The highest BCUT2D eigenvalue weighted by molar-refractivity contribution is 8.01. The number of hydrogen-bond donors (Lipinski definition) is 1. The quantitative estimate of drug-likeness (QED) is 0.934. The molecule has 0 unspecified atom stereocenters. The van der Waals surface area contributed by atoms with Gasteiger partial charge in [0.15, 0.2) is 0 Å². The Labute approximate surface area is 121 Å². The van der Waals surface area contributed by atoms with Crippen molar-refractivity contribution in [3.8, 4) is 0 Å². The Bertz CT molecular complexity index is 555. The molecule has 1 N–H and O–H groups in total. The second kappa shape index (κ2) is 5.39. The zero-order chi connectivity index (χ0) is 13.2. The zero-order valence-electron chi connectivity index (χ0n) is 10.6. The summed E-state index contributed by atoms with van der Waals surface area (Å²) in [5.41, 5.74) is 1.29. The van der Waals surface area contributed by atoms with E-state index >= 15 is 0 Å². The van der Waals surface area contributed by atoms with Gasteiger partial charge in [-0.1, -0.05) is 24.3 Å². The van der Waals surface area contributed by atoms with E-state index in [-0.39, 0.29) is 17.2 Å². The molecule has 2 atom stereocenters. The van der Waals surface area contributed by atoms with Crippen molar-refractivity contribution in [2.45, 2.75) is 29.5 Å². The van der Waals surface area contributed by atoms with Crippen LogP contribution in [-0.4, -0.2) is 11.2 Å². The lowest BCUT2D eigenvalue weighted by molar-refractivity contribution is -0.121. The van der Waals surface area contributed by atoms with Crippen molar-refractivity contribution in [1.29, 1.82) is 0 Å². The SMILES string of the molecule is C[C@@H](NC(=O)[C@H]1Cc2ccccc2S1)c1cccs1. The van der Waals surface area contributed by atoms with E-state index in [1.807, 2.05) is 30.5 Å². The van der Waals surface area contributed by atoms with Crippen molar-refractivity contribution in [1.82, 2.24) is 5.32 Å². The van der Waals surface area contributed by atoms with Crippen LogP contribution in [0.3, 0.4) is 0 Å². The molecule has 0 aliphatic carbocycles. The molecule has 1 aromatic carbocycles. The lowest BCUT2D eigenvalue weighted by Crippen LogP contribution is -2.34. The summed E-state index contributed by atoms with van der Waals surface area (Å²) in [6, 6.07) is 12.4. The summed E-state index contributed by atoms with van der Waals surface area (Å²) < 4.78 is 0. The van der Waals surface area contributed by atoms with Gasteiger partial charge in [-0.2, -0.15) is 0 Å². The van der Waals surface area contributed by atoms with Gasteiger partial charge in [-0.3, -0.25) is 4.79 Å². The number of carbonyl (C=O) groups is 1. The lowest BCUT2D eigenvalue weighted by atomic mass is 10.1. The van der Waals surface area contributed by atoms with Gasteiger partial charge in [0.25, 0.3) is 0 Å². The van der Waals surface area contributed by atoms with Crippen LogP contribution in [0.1, 0.15) is 23.4 Å². The fourth-order valence-electron chi connectivity index (χ4n) is 2.24. The molecule has 1 aliphatic rings. The number of hydrogen-bond acceptors (Lipinski definition) is 3. The number of fused-ring (bicyclic) bond motifs is 1. The Kier molecular flexibility index (Phi) is 3.62. The molecule has 2 heterocycles. The maximum absolute atomic E-state index is 12.3. The molecule has 0 radical (unpaired) electrons. The first kappa shape index (κ1) is 12.8. The number of carbonyl (C=O) groups excluding carboxylic acids is 1. The third-order valence-electron chi connectivity index (χ3n) is 3.27. The van der Waals surface area contributed by atoms with E-state index in [0.29, 0.717) is 0 Å². The molecule has 19 heavy (non-hydrogen) atoms. The van der Waals surface area contributed by atoms with Crippen molar-refractivity contribution < 1.29 is 4.79 Å². The molecule has 4 heteroatoms. The van der Waals surface area contributed by atoms with E-state index < -0.39 is 0 Å². The van der Waals surface area contributed by atoms with E-state index in [1.54, 1.807) is 23.1 Å². The first-order valence-electron chi connectivity index (χ1n) is 6.32. The van der Waals surface area contributed by atoms with Crippen molar-refractivity contribution in [2.24, 2.45) is 0 Å². The molecule has 98 valence electrons. The van der Waals surface area contributed by atoms with Gasteiger partial charge in [-0.05, 0) is 36.4 Å². The molecule has 0 saturated carbocycles. The largest absolute Gasteiger partial charge is 0.348 e. The topological polar surface area (TPSA) is 29.1 Å². The minimum Gasteiger partial charge on any atom is -0.348 e. The van der Waals surface area contributed by atoms with Crippen LogP contribution in [0.25, 0.3) is 0 Å². The van der Waals surface area contributed by atoms with Crippen molar-refractivity contribution in [3.63, 3.8) is 0 Å². The fraction of sp³-hybridized carbons (Fsp3) is 0.267. The minimum atomic E-state index is 0.0137. The van der Waals surface area contributed by atoms with Crippen LogP contribution < -0.4 is 5.32 Å². The van der Waals surface area contributed by atoms with Crippen molar-refractivity contribution in [3.05, 3.63) is 52.2 Å². The summed E-state index contributed by atoms with van der Waals surface area (Å²) >= 11 is 3.36. The van der Waals surface area contributed by atoms with Crippen LogP contribution in [0.5, 0.6) is 0 Å². The molecule has 1 aromatic heterocycles. The van der Waals surface area contributed by atoms with Crippen LogP contribution in [0.2, 0.25) is 0 Å². The predicted octanol–water partition coefficient (Wildman–Crippen LogP) is 3.64. The molecule has 1 amide bonds. The van der Waals surface area contributed by atoms with E-state index in [0.717, 1.165) is 6.42 Å². The number of thioether (sulfide) groups is 1. The highest BCUT2D eigenvalue weighted by atomic mass is 32.2.